The lowest BCUT2D eigenvalue weighted by Gasteiger charge is -2.22. The summed E-state index contributed by atoms with van der Waals surface area (Å²) in [5, 5.41) is 10.6. The van der Waals surface area contributed by atoms with Crippen molar-refractivity contribution < 1.29 is 18.1 Å². The van der Waals surface area contributed by atoms with Gasteiger partial charge >= 0.3 is 0 Å². The zero-order valence-electron chi connectivity index (χ0n) is 15.1. The summed E-state index contributed by atoms with van der Waals surface area (Å²) in [6.07, 6.45) is 5.88. The summed E-state index contributed by atoms with van der Waals surface area (Å²) in [5.74, 6) is -0.238. The number of hydrogen-bond donors (Lipinski definition) is 2. The lowest BCUT2D eigenvalue weighted by Crippen LogP contribution is -2.41. The molecule has 0 aromatic heterocycles. The van der Waals surface area contributed by atoms with E-state index in [1.165, 1.54) is 55.7 Å². The van der Waals surface area contributed by atoms with Gasteiger partial charge in [0.1, 0.15) is 0 Å². The smallest absolute Gasteiger partial charge is 0.269 e. The first kappa shape index (κ1) is 20.0. The minimum absolute atomic E-state index is 0.0519. The summed E-state index contributed by atoms with van der Waals surface area (Å²) < 4.78 is 24.8. The molecule has 0 heterocycles. The minimum atomic E-state index is -3.92. The Labute approximate surface area is 163 Å². The maximum Gasteiger partial charge on any atom is 0.269 e. The molecule has 0 unspecified atom stereocenters. The number of nitrogens with zero attached hydrogens (tertiary/aromatic N) is 1. The molecule has 1 aliphatic rings. The molecular weight excluding hydrogens is 382 g/mol. The number of sulfonamides is 1. The maximum atomic E-state index is 12.4. The Hall–Kier alpha value is -2.78. The quantitative estimate of drug-likeness (QED) is 0.567. The molecule has 2 aromatic rings. The molecule has 2 N–H and O–H groups in total. The summed E-state index contributed by atoms with van der Waals surface area (Å²) >= 11 is 0. The number of nitro groups is 1. The number of amides is 1. The largest absolute Gasteiger partial charge is 0.273 e. The fourth-order valence-corrected chi connectivity index (χ4v) is 4.17. The molecule has 1 saturated carbocycles. The molecule has 0 aliphatic heterocycles. The van der Waals surface area contributed by atoms with Gasteiger partial charge in [0.15, 0.2) is 0 Å². The second-order valence-corrected chi connectivity index (χ2v) is 8.45. The number of hydrogen-bond acceptors (Lipinski definition) is 5. The molecule has 1 aliphatic carbocycles. The number of nitro benzene ring substituents is 1. The van der Waals surface area contributed by atoms with E-state index in [1.807, 2.05) is 17.0 Å². The minimum Gasteiger partial charge on any atom is -0.273 e. The van der Waals surface area contributed by atoms with Crippen molar-refractivity contribution in [1.82, 2.24) is 10.3 Å². The second-order valence-electron chi connectivity index (χ2n) is 6.77. The Morgan fingerprint density at radius 2 is 1.57 bits per heavy atom. The van der Waals surface area contributed by atoms with E-state index in [0.717, 1.165) is 18.4 Å². The Kier molecular flexibility index (Phi) is 6.05. The van der Waals surface area contributed by atoms with Gasteiger partial charge in [0.2, 0.25) is 0 Å². The predicted octanol–water partition coefficient (Wildman–Crippen LogP) is 3.27. The number of benzene rings is 2. The first-order valence-corrected chi connectivity index (χ1v) is 10.5. The van der Waals surface area contributed by atoms with Crippen LogP contribution in [0.15, 0.2) is 53.4 Å². The SMILES string of the molecule is O=C(NNS(=O)(=O)c1ccc(C2CCCCC2)cc1)c1ccc([N+](=O)[O-])cc1. The van der Waals surface area contributed by atoms with Gasteiger partial charge in [0.05, 0.1) is 9.82 Å². The Balaban J connectivity index is 1.62. The van der Waals surface area contributed by atoms with Gasteiger partial charge in [-0.15, -0.1) is 4.83 Å². The standard InChI is InChI=1S/C19H21N3O5S/c23-19(16-6-10-17(11-7-16)22(24)25)20-21-28(26,27)18-12-8-15(9-13-18)14-4-2-1-3-5-14/h6-14,21H,1-5H2,(H,20,23). The van der Waals surface area contributed by atoms with Crippen LogP contribution in [0.5, 0.6) is 0 Å². The van der Waals surface area contributed by atoms with Gasteiger partial charge in [0.25, 0.3) is 21.6 Å². The topological polar surface area (TPSA) is 118 Å². The third kappa shape index (κ3) is 4.73. The number of rotatable bonds is 6. The van der Waals surface area contributed by atoms with Crippen molar-refractivity contribution in [3.63, 3.8) is 0 Å². The van der Waals surface area contributed by atoms with Crippen LogP contribution in [0, 0.1) is 10.1 Å². The highest BCUT2D eigenvalue weighted by Crippen LogP contribution is 2.32. The van der Waals surface area contributed by atoms with E-state index in [1.54, 1.807) is 0 Å². The maximum absolute atomic E-state index is 12.4. The van der Waals surface area contributed by atoms with Crippen molar-refractivity contribution in [3.05, 3.63) is 69.8 Å². The van der Waals surface area contributed by atoms with Crippen LogP contribution in [-0.2, 0) is 10.0 Å². The zero-order chi connectivity index (χ0) is 20.1. The van der Waals surface area contributed by atoms with Gasteiger partial charge in [-0.1, -0.05) is 31.4 Å². The van der Waals surface area contributed by atoms with Crippen molar-refractivity contribution in [3.8, 4) is 0 Å². The number of non-ortho nitro benzene ring substituents is 1. The van der Waals surface area contributed by atoms with Crippen molar-refractivity contribution >= 4 is 21.6 Å². The number of nitrogens with one attached hydrogen (secondary N) is 2. The molecule has 8 nitrogen and oxygen atoms in total. The molecule has 0 bridgehead atoms. The van der Waals surface area contributed by atoms with E-state index < -0.39 is 20.9 Å². The number of carbonyl (C=O) groups excluding carboxylic acids is 1. The third-order valence-electron chi connectivity index (χ3n) is 4.91. The normalized spacial score (nSPS) is 15.1. The van der Waals surface area contributed by atoms with E-state index in [-0.39, 0.29) is 16.1 Å². The monoisotopic (exact) mass is 403 g/mol. The van der Waals surface area contributed by atoms with E-state index in [9.17, 15) is 23.3 Å². The van der Waals surface area contributed by atoms with Gasteiger partial charge in [-0.25, -0.2) is 8.42 Å². The average Bonchev–Trinajstić information content (AvgIpc) is 2.73. The summed E-state index contributed by atoms with van der Waals surface area (Å²) in [5.41, 5.74) is 3.19. The van der Waals surface area contributed by atoms with Gasteiger partial charge in [0, 0.05) is 17.7 Å². The van der Waals surface area contributed by atoms with E-state index in [2.05, 4.69) is 5.43 Å². The Bertz CT molecular complexity index is 950. The molecule has 3 rings (SSSR count). The average molecular weight is 403 g/mol. The molecule has 0 radical (unpaired) electrons. The third-order valence-corrected chi connectivity index (χ3v) is 6.17. The van der Waals surface area contributed by atoms with E-state index >= 15 is 0 Å². The van der Waals surface area contributed by atoms with Gasteiger partial charge in [-0.3, -0.25) is 20.3 Å². The second kappa shape index (κ2) is 8.49. The van der Waals surface area contributed by atoms with Crippen LogP contribution >= 0.6 is 0 Å². The molecule has 2 aromatic carbocycles. The molecule has 0 atom stereocenters. The highest BCUT2D eigenvalue weighted by Gasteiger charge is 2.19. The van der Waals surface area contributed by atoms with Crippen LogP contribution in [-0.4, -0.2) is 19.2 Å². The number of carbonyl (C=O) groups is 1. The molecular formula is C19H21N3O5S. The van der Waals surface area contributed by atoms with Crippen LogP contribution in [0.3, 0.4) is 0 Å². The lowest BCUT2D eigenvalue weighted by atomic mass is 9.84. The van der Waals surface area contributed by atoms with Crippen LogP contribution in [0.25, 0.3) is 0 Å². The fraction of sp³-hybridized carbons (Fsp3) is 0.316. The zero-order valence-corrected chi connectivity index (χ0v) is 15.9. The molecule has 28 heavy (non-hydrogen) atoms. The first-order chi connectivity index (χ1) is 13.4. The van der Waals surface area contributed by atoms with Crippen LogP contribution in [0.2, 0.25) is 0 Å². The van der Waals surface area contributed by atoms with E-state index in [0.29, 0.717) is 5.92 Å². The summed E-state index contributed by atoms with van der Waals surface area (Å²) in [6.45, 7) is 0. The number of hydrazine groups is 1. The van der Waals surface area contributed by atoms with Crippen molar-refractivity contribution in [1.29, 1.82) is 0 Å². The van der Waals surface area contributed by atoms with Gasteiger partial charge < -0.3 is 0 Å². The molecule has 0 saturated heterocycles. The van der Waals surface area contributed by atoms with Crippen molar-refractivity contribution in [2.45, 2.75) is 42.9 Å². The van der Waals surface area contributed by atoms with Crippen molar-refractivity contribution in [2.24, 2.45) is 0 Å². The van der Waals surface area contributed by atoms with Crippen LogP contribution in [0.4, 0.5) is 5.69 Å². The molecule has 1 amide bonds. The summed E-state index contributed by atoms with van der Waals surface area (Å²) in [4.78, 5) is 24.2. The van der Waals surface area contributed by atoms with Crippen LogP contribution < -0.4 is 10.3 Å². The Morgan fingerprint density at radius 1 is 0.964 bits per heavy atom. The highest BCUT2D eigenvalue weighted by molar-refractivity contribution is 7.89. The lowest BCUT2D eigenvalue weighted by molar-refractivity contribution is -0.384. The first-order valence-electron chi connectivity index (χ1n) is 9.03. The fourth-order valence-electron chi connectivity index (χ4n) is 3.33. The predicted molar refractivity (Wildman–Crippen MR) is 103 cm³/mol. The molecule has 1 fully saturated rings. The van der Waals surface area contributed by atoms with Crippen molar-refractivity contribution in [2.75, 3.05) is 0 Å². The van der Waals surface area contributed by atoms with Gasteiger partial charge in [-0.2, -0.15) is 0 Å². The Morgan fingerprint density at radius 3 is 2.14 bits per heavy atom. The molecule has 9 heteroatoms. The highest BCUT2D eigenvalue weighted by atomic mass is 32.2. The molecule has 148 valence electrons. The summed E-state index contributed by atoms with van der Waals surface area (Å²) in [6, 6.07) is 11.6. The summed E-state index contributed by atoms with van der Waals surface area (Å²) in [7, 11) is -3.92. The van der Waals surface area contributed by atoms with E-state index in [4.69, 9.17) is 0 Å². The van der Waals surface area contributed by atoms with Crippen LogP contribution in [0.1, 0.15) is 53.9 Å². The van der Waals surface area contributed by atoms with Gasteiger partial charge in [-0.05, 0) is 48.6 Å². The molecule has 0 spiro atoms.